The second-order valence-electron chi connectivity index (χ2n) is 14.3. The number of hydrogen-bond acceptors (Lipinski definition) is 14. The largest absolute Gasteiger partial charge is 0.480 e. The number of aromatic nitrogens is 8. The summed E-state index contributed by atoms with van der Waals surface area (Å²) >= 11 is 11.9. The van der Waals surface area contributed by atoms with Crippen molar-refractivity contribution in [3.05, 3.63) is 209 Å². The van der Waals surface area contributed by atoms with Gasteiger partial charge in [0.1, 0.15) is 24.6 Å². The predicted octanol–water partition coefficient (Wildman–Crippen LogP) is 5.65. The van der Waals surface area contributed by atoms with Crippen LogP contribution in [-0.2, 0) is 35.8 Å². The Morgan fingerprint density at radius 2 is 0.941 bits per heavy atom. The summed E-state index contributed by atoms with van der Waals surface area (Å²) < 4.78 is 15.0. The zero-order valence-corrected chi connectivity index (χ0v) is 36.8. The van der Waals surface area contributed by atoms with Crippen molar-refractivity contribution in [2.75, 3.05) is 10.6 Å². The summed E-state index contributed by atoms with van der Waals surface area (Å²) in [5, 5.41) is 16.1. The summed E-state index contributed by atoms with van der Waals surface area (Å²) in [5.41, 5.74) is 4.30. The van der Waals surface area contributed by atoms with E-state index in [1.54, 1.807) is 140 Å². The Kier molecular flexibility index (Phi) is 15.1. The third kappa shape index (κ3) is 12.7. The minimum atomic E-state index is -1.33. The number of carbonyl (C=O) groups is 2. The Morgan fingerprint density at radius 3 is 1.29 bits per heavy atom. The number of nitrogens with zero attached hydrogens (tertiary/aromatic N) is 8. The standard InChI is InChI=1S/C23H19ClN6O4.C23H18ClN5O5/c24-16-6-4-15(5-7-16)13-29-21(28-22(32)30(23(29)33)14-19(25)31)27-17-8-10-18(11-9-17)34-20-3-1-2-12-26-20;24-16-6-4-15(5-7-16)13-28-21(27-22(32)29(23(28)33)14-20(30)31)26-17-8-10-18(11-9-17)34-19-3-1-2-12-25-19/h1-12H,13-14H2,(H2,25,31)(H,27,28,32);1-12H,13-14H2,(H,30,31)(H,26,27,32). The molecule has 0 aliphatic rings. The molecule has 0 bridgehead atoms. The number of nitrogens with two attached hydrogens (primary N) is 1. The van der Waals surface area contributed by atoms with Gasteiger partial charge in [0.25, 0.3) is 0 Å². The Bertz CT molecular complexity index is 3060. The van der Waals surface area contributed by atoms with Gasteiger partial charge in [-0.2, -0.15) is 9.97 Å². The molecule has 0 atom stereocenters. The first-order valence-corrected chi connectivity index (χ1v) is 20.9. The van der Waals surface area contributed by atoms with Crippen LogP contribution >= 0.6 is 23.2 Å². The highest BCUT2D eigenvalue weighted by molar-refractivity contribution is 6.30. The average Bonchev–Trinajstić information content (AvgIpc) is 3.32. The summed E-state index contributed by atoms with van der Waals surface area (Å²) in [6.45, 7) is -1.27. The number of pyridine rings is 2. The zero-order chi connectivity index (χ0) is 48.2. The molecule has 4 aromatic heterocycles. The van der Waals surface area contributed by atoms with Crippen LogP contribution < -0.4 is 48.6 Å². The number of ether oxygens (including phenoxy) is 2. The maximum atomic E-state index is 13.1. The van der Waals surface area contributed by atoms with Gasteiger partial charge in [0, 0.05) is 45.9 Å². The second-order valence-corrected chi connectivity index (χ2v) is 15.2. The number of carboxylic acid groups (broad SMARTS) is 1. The molecule has 20 nitrogen and oxygen atoms in total. The molecule has 4 heterocycles. The van der Waals surface area contributed by atoms with Gasteiger partial charge in [-0.05, 0) is 96.1 Å². The summed E-state index contributed by atoms with van der Waals surface area (Å²) in [5.74, 6) is -0.232. The minimum absolute atomic E-state index is 0.00376. The summed E-state index contributed by atoms with van der Waals surface area (Å²) in [7, 11) is 0. The number of rotatable bonds is 16. The molecule has 0 saturated carbocycles. The van der Waals surface area contributed by atoms with Crippen LogP contribution in [0, 0.1) is 0 Å². The second kappa shape index (κ2) is 21.9. The van der Waals surface area contributed by atoms with Crippen molar-refractivity contribution in [1.29, 1.82) is 0 Å². The molecule has 0 aliphatic carbocycles. The minimum Gasteiger partial charge on any atom is -0.480 e. The molecular formula is C46H37Cl2N11O9. The maximum absolute atomic E-state index is 13.1. The van der Waals surface area contributed by atoms with Crippen molar-refractivity contribution < 1.29 is 24.2 Å². The summed E-state index contributed by atoms with van der Waals surface area (Å²) in [4.78, 5) is 89.5. The number of benzene rings is 4. The molecule has 0 unspecified atom stereocenters. The first kappa shape index (κ1) is 47.1. The summed E-state index contributed by atoms with van der Waals surface area (Å²) in [6, 6.07) is 37.8. The molecule has 22 heteroatoms. The first-order chi connectivity index (χ1) is 32.8. The molecule has 0 radical (unpaired) electrons. The molecule has 0 spiro atoms. The van der Waals surface area contributed by atoms with Crippen LogP contribution in [0.3, 0.4) is 0 Å². The molecule has 0 saturated heterocycles. The normalized spacial score (nSPS) is 10.6. The van der Waals surface area contributed by atoms with Crippen LogP contribution in [0.4, 0.5) is 23.3 Å². The van der Waals surface area contributed by atoms with Gasteiger partial charge in [0.2, 0.25) is 29.6 Å². The Hall–Kier alpha value is -8.88. The number of carbonyl (C=O) groups excluding carboxylic acids is 1. The maximum Gasteiger partial charge on any atom is 0.355 e. The lowest BCUT2D eigenvalue weighted by molar-refractivity contribution is -0.137. The van der Waals surface area contributed by atoms with E-state index in [0.717, 1.165) is 5.56 Å². The van der Waals surface area contributed by atoms with Crippen LogP contribution in [0.25, 0.3) is 0 Å². The van der Waals surface area contributed by atoms with E-state index >= 15 is 0 Å². The van der Waals surface area contributed by atoms with E-state index in [1.807, 2.05) is 6.07 Å². The highest BCUT2D eigenvalue weighted by Crippen LogP contribution is 2.24. The lowest BCUT2D eigenvalue weighted by atomic mass is 10.2. The number of anilines is 4. The molecule has 8 aromatic rings. The van der Waals surface area contributed by atoms with E-state index in [4.69, 9.17) is 43.5 Å². The van der Waals surface area contributed by atoms with E-state index in [-0.39, 0.29) is 25.0 Å². The SMILES string of the molecule is NC(=O)Cn1c(=O)nc(Nc2ccc(Oc3ccccn3)cc2)n(Cc2ccc(Cl)cc2)c1=O.O=C(O)Cn1c(=O)nc(Nc2ccc(Oc3ccccn3)cc2)n(Cc2ccc(Cl)cc2)c1=O. The van der Waals surface area contributed by atoms with Gasteiger partial charge in [-0.25, -0.2) is 38.3 Å². The number of hydrogen-bond donors (Lipinski definition) is 4. The van der Waals surface area contributed by atoms with Crippen molar-refractivity contribution in [2.24, 2.45) is 5.73 Å². The number of aliphatic carboxylic acids is 1. The fourth-order valence-electron chi connectivity index (χ4n) is 6.17. The molecule has 1 amide bonds. The quantitative estimate of drug-likeness (QED) is 0.0913. The van der Waals surface area contributed by atoms with E-state index in [2.05, 4.69) is 30.6 Å². The number of carboxylic acids is 1. The molecule has 0 aliphatic heterocycles. The van der Waals surface area contributed by atoms with Gasteiger partial charge < -0.3 is 30.9 Å². The monoisotopic (exact) mass is 957 g/mol. The van der Waals surface area contributed by atoms with Crippen molar-refractivity contribution in [3.8, 4) is 23.3 Å². The summed E-state index contributed by atoms with van der Waals surface area (Å²) in [6.07, 6.45) is 3.24. The van der Waals surface area contributed by atoms with Gasteiger partial charge in [-0.3, -0.25) is 18.7 Å². The number of nitrogens with one attached hydrogen (secondary N) is 2. The fraction of sp³-hybridized carbons (Fsp3) is 0.0870. The third-order valence-electron chi connectivity index (χ3n) is 9.36. The van der Waals surface area contributed by atoms with Gasteiger partial charge in [0.15, 0.2) is 0 Å². The van der Waals surface area contributed by atoms with Gasteiger partial charge in [-0.1, -0.05) is 59.6 Å². The lowest BCUT2D eigenvalue weighted by Crippen LogP contribution is -2.45. The molecule has 68 heavy (non-hydrogen) atoms. The molecule has 8 rings (SSSR count). The van der Waals surface area contributed by atoms with Crippen molar-refractivity contribution in [3.63, 3.8) is 0 Å². The fourth-order valence-corrected chi connectivity index (χ4v) is 6.42. The van der Waals surface area contributed by atoms with Crippen LogP contribution in [0.2, 0.25) is 10.0 Å². The van der Waals surface area contributed by atoms with Crippen molar-refractivity contribution in [2.45, 2.75) is 26.2 Å². The van der Waals surface area contributed by atoms with Gasteiger partial charge in [0.05, 0.1) is 13.1 Å². The lowest BCUT2D eigenvalue weighted by Gasteiger charge is -2.15. The molecular weight excluding hydrogens is 921 g/mol. The zero-order valence-electron chi connectivity index (χ0n) is 35.3. The average molecular weight is 959 g/mol. The number of amides is 1. The first-order valence-electron chi connectivity index (χ1n) is 20.1. The van der Waals surface area contributed by atoms with Crippen LogP contribution in [0.15, 0.2) is 165 Å². The Morgan fingerprint density at radius 1 is 0.544 bits per heavy atom. The molecule has 0 fully saturated rings. The van der Waals surface area contributed by atoms with Crippen molar-refractivity contribution in [1.82, 2.24) is 38.2 Å². The van der Waals surface area contributed by atoms with Crippen LogP contribution in [0.1, 0.15) is 11.1 Å². The molecule has 4 aromatic carbocycles. The Balaban J connectivity index is 0.000000201. The smallest absolute Gasteiger partial charge is 0.355 e. The van der Waals surface area contributed by atoms with Crippen molar-refractivity contribution >= 4 is 58.3 Å². The predicted molar refractivity (Wildman–Crippen MR) is 252 cm³/mol. The topological polar surface area (TPSA) is 262 Å². The van der Waals surface area contributed by atoms with Gasteiger partial charge in [-0.15, -0.1) is 0 Å². The molecule has 344 valence electrons. The van der Waals surface area contributed by atoms with E-state index in [0.29, 0.717) is 59.4 Å². The van der Waals surface area contributed by atoms with Crippen LogP contribution in [-0.4, -0.2) is 55.2 Å². The van der Waals surface area contributed by atoms with Crippen LogP contribution in [0.5, 0.6) is 23.3 Å². The van der Waals surface area contributed by atoms with E-state index in [1.165, 1.54) is 9.13 Å². The highest BCUT2D eigenvalue weighted by atomic mass is 35.5. The van der Waals surface area contributed by atoms with E-state index < -0.39 is 47.7 Å². The Labute approximate surface area is 394 Å². The third-order valence-corrected chi connectivity index (χ3v) is 9.86. The van der Waals surface area contributed by atoms with E-state index in [9.17, 15) is 28.8 Å². The number of halogens is 2. The molecule has 5 N–H and O–H groups in total. The van der Waals surface area contributed by atoms with Gasteiger partial charge >= 0.3 is 28.7 Å². The highest BCUT2D eigenvalue weighted by Gasteiger charge is 2.18. The number of primary amides is 1.